The molecule has 0 bridgehead atoms. The van der Waals surface area contributed by atoms with Gasteiger partial charge < -0.3 is 18.6 Å². The van der Waals surface area contributed by atoms with Crippen LogP contribution in [0.2, 0.25) is 0 Å². The molecule has 0 fully saturated rings. The maximum Gasteiger partial charge on any atom is 0.276 e. The molecule has 134 valence electrons. The summed E-state index contributed by atoms with van der Waals surface area (Å²) in [5.41, 5.74) is 1.23. The first-order valence-electron chi connectivity index (χ1n) is 8.30. The van der Waals surface area contributed by atoms with E-state index in [1.165, 1.54) is 12.7 Å². The molecular weight excluding hydrogens is 336 g/mol. The lowest BCUT2D eigenvalue weighted by Crippen LogP contribution is -2.41. The van der Waals surface area contributed by atoms with Gasteiger partial charge in [-0.3, -0.25) is 9.78 Å². The van der Waals surface area contributed by atoms with Crippen molar-refractivity contribution in [1.29, 1.82) is 0 Å². The number of nitrogens with zero attached hydrogens (tertiary/aromatic N) is 6. The standard InChI is InChI=1S/C17H18N6O3/c1-11-3-4-13(7-18-11)26-9-15-20-21-16-12(2)22(5-6-23(15)16)17(24)14-8-25-10-19-14/h3-4,7-8,10,12H,5-6,9H2,1-2H3. The summed E-state index contributed by atoms with van der Waals surface area (Å²) in [5, 5.41) is 8.49. The summed E-state index contributed by atoms with van der Waals surface area (Å²) in [5.74, 6) is 1.96. The van der Waals surface area contributed by atoms with Crippen LogP contribution < -0.4 is 4.74 Å². The number of carbonyl (C=O) groups is 1. The van der Waals surface area contributed by atoms with E-state index in [0.29, 0.717) is 31.1 Å². The van der Waals surface area contributed by atoms with E-state index < -0.39 is 0 Å². The minimum Gasteiger partial charge on any atom is -0.484 e. The number of fused-ring (bicyclic) bond motifs is 1. The van der Waals surface area contributed by atoms with Crippen LogP contribution in [0.25, 0.3) is 0 Å². The highest BCUT2D eigenvalue weighted by Gasteiger charge is 2.32. The van der Waals surface area contributed by atoms with Gasteiger partial charge in [0.2, 0.25) is 0 Å². The van der Waals surface area contributed by atoms with E-state index in [-0.39, 0.29) is 11.9 Å². The third kappa shape index (κ3) is 2.92. The Bertz CT molecular complexity index is 903. The fraction of sp³-hybridized carbons (Fsp3) is 0.353. The minimum atomic E-state index is -0.213. The monoisotopic (exact) mass is 354 g/mol. The van der Waals surface area contributed by atoms with E-state index in [2.05, 4.69) is 20.2 Å². The average Bonchev–Trinajstić information content (AvgIpc) is 3.31. The van der Waals surface area contributed by atoms with E-state index in [9.17, 15) is 4.79 Å². The van der Waals surface area contributed by atoms with Crippen LogP contribution >= 0.6 is 0 Å². The summed E-state index contributed by atoms with van der Waals surface area (Å²) in [7, 11) is 0. The fourth-order valence-corrected chi connectivity index (χ4v) is 2.98. The van der Waals surface area contributed by atoms with E-state index in [1.807, 2.05) is 30.5 Å². The Kier molecular flexibility index (Phi) is 4.11. The molecule has 9 nitrogen and oxygen atoms in total. The van der Waals surface area contributed by atoms with Crippen molar-refractivity contribution in [2.75, 3.05) is 6.54 Å². The van der Waals surface area contributed by atoms with Crippen LogP contribution in [0.5, 0.6) is 5.75 Å². The molecule has 0 spiro atoms. The van der Waals surface area contributed by atoms with E-state index >= 15 is 0 Å². The largest absolute Gasteiger partial charge is 0.484 e. The molecule has 9 heteroatoms. The Morgan fingerprint density at radius 2 is 2.19 bits per heavy atom. The second-order valence-corrected chi connectivity index (χ2v) is 6.10. The first-order chi connectivity index (χ1) is 12.6. The van der Waals surface area contributed by atoms with Crippen molar-refractivity contribution in [2.45, 2.75) is 33.0 Å². The third-order valence-electron chi connectivity index (χ3n) is 4.43. The lowest BCUT2D eigenvalue weighted by Gasteiger charge is -2.33. The van der Waals surface area contributed by atoms with Crippen molar-refractivity contribution in [3.63, 3.8) is 0 Å². The smallest absolute Gasteiger partial charge is 0.276 e. The Morgan fingerprint density at radius 3 is 2.92 bits per heavy atom. The molecule has 1 unspecified atom stereocenters. The van der Waals surface area contributed by atoms with Gasteiger partial charge in [-0.15, -0.1) is 10.2 Å². The van der Waals surface area contributed by atoms with Crippen molar-refractivity contribution >= 4 is 5.91 Å². The maximum absolute atomic E-state index is 12.5. The van der Waals surface area contributed by atoms with Crippen LogP contribution in [0.4, 0.5) is 0 Å². The molecule has 0 N–H and O–H groups in total. The van der Waals surface area contributed by atoms with Crippen molar-refractivity contribution in [3.05, 3.63) is 54.0 Å². The van der Waals surface area contributed by atoms with Crippen molar-refractivity contribution in [3.8, 4) is 5.75 Å². The predicted molar refractivity (Wildman–Crippen MR) is 89.3 cm³/mol. The van der Waals surface area contributed by atoms with Gasteiger partial charge in [0.25, 0.3) is 5.91 Å². The van der Waals surface area contributed by atoms with Gasteiger partial charge in [-0.1, -0.05) is 0 Å². The summed E-state index contributed by atoms with van der Waals surface area (Å²) in [6.45, 7) is 5.28. The average molecular weight is 354 g/mol. The van der Waals surface area contributed by atoms with Crippen LogP contribution in [0, 0.1) is 6.92 Å². The topological polar surface area (TPSA) is 99.2 Å². The van der Waals surface area contributed by atoms with Crippen molar-refractivity contribution < 1.29 is 13.9 Å². The Labute approximate surface area is 149 Å². The highest BCUT2D eigenvalue weighted by Crippen LogP contribution is 2.26. The second kappa shape index (κ2) is 6.58. The van der Waals surface area contributed by atoms with Gasteiger partial charge in [0.05, 0.1) is 12.2 Å². The molecule has 0 saturated carbocycles. The molecule has 1 atom stereocenters. The number of aryl methyl sites for hydroxylation is 1. The lowest BCUT2D eigenvalue weighted by atomic mass is 10.2. The molecule has 1 aliphatic rings. The number of ether oxygens (including phenoxy) is 1. The molecule has 0 aliphatic carbocycles. The zero-order valence-electron chi connectivity index (χ0n) is 14.5. The number of rotatable bonds is 4. The number of carbonyl (C=O) groups excluding carboxylic acids is 1. The van der Waals surface area contributed by atoms with Crippen LogP contribution in [0.3, 0.4) is 0 Å². The number of amides is 1. The number of hydrogen-bond donors (Lipinski definition) is 0. The van der Waals surface area contributed by atoms with Crippen LogP contribution in [-0.2, 0) is 13.2 Å². The number of oxazole rings is 1. The van der Waals surface area contributed by atoms with E-state index in [1.54, 1.807) is 11.1 Å². The molecule has 1 amide bonds. The predicted octanol–water partition coefficient (Wildman–Crippen LogP) is 1.77. The van der Waals surface area contributed by atoms with E-state index in [0.717, 1.165) is 17.3 Å². The molecule has 4 rings (SSSR count). The van der Waals surface area contributed by atoms with Gasteiger partial charge in [-0.2, -0.15) is 0 Å². The first kappa shape index (κ1) is 16.2. The molecule has 4 heterocycles. The summed E-state index contributed by atoms with van der Waals surface area (Å²) >= 11 is 0. The van der Waals surface area contributed by atoms with Crippen molar-refractivity contribution in [1.82, 2.24) is 29.6 Å². The molecule has 0 saturated heterocycles. The number of hydrogen-bond acceptors (Lipinski definition) is 7. The normalized spacial score (nSPS) is 16.4. The molecule has 3 aromatic rings. The molecular formula is C17H18N6O3. The number of pyridine rings is 1. The molecule has 1 aliphatic heterocycles. The Hall–Kier alpha value is -3.23. The van der Waals surface area contributed by atoms with Crippen LogP contribution in [0.1, 0.15) is 40.8 Å². The molecule has 26 heavy (non-hydrogen) atoms. The third-order valence-corrected chi connectivity index (χ3v) is 4.43. The first-order valence-corrected chi connectivity index (χ1v) is 8.30. The van der Waals surface area contributed by atoms with Crippen molar-refractivity contribution in [2.24, 2.45) is 0 Å². The highest BCUT2D eigenvalue weighted by molar-refractivity contribution is 5.92. The van der Waals surface area contributed by atoms with Gasteiger partial charge in [-0.05, 0) is 26.0 Å². The summed E-state index contributed by atoms with van der Waals surface area (Å²) in [4.78, 5) is 22.4. The van der Waals surface area contributed by atoms with Gasteiger partial charge in [0.1, 0.15) is 18.6 Å². The second-order valence-electron chi connectivity index (χ2n) is 6.10. The summed E-state index contributed by atoms with van der Waals surface area (Å²) in [6.07, 6.45) is 4.28. The lowest BCUT2D eigenvalue weighted by molar-refractivity contribution is 0.0628. The van der Waals surface area contributed by atoms with Crippen LogP contribution in [-0.4, -0.2) is 42.1 Å². The maximum atomic E-state index is 12.5. The zero-order valence-corrected chi connectivity index (χ0v) is 14.5. The van der Waals surface area contributed by atoms with Gasteiger partial charge in [0.15, 0.2) is 23.7 Å². The molecule has 0 aromatic carbocycles. The SMILES string of the molecule is Cc1ccc(OCc2nnc3n2CCN(C(=O)c2cocn2)C3C)cn1. The van der Waals surface area contributed by atoms with Crippen LogP contribution in [0.15, 0.2) is 35.4 Å². The summed E-state index contributed by atoms with van der Waals surface area (Å²) in [6, 6.07) is 3.55. The van der Waals surface area contributed by atoms with Gasteiger partial charge in [0, 0.05) is 18.8 Å². The Balaban J connectivity index is 1.48. The fourth-order valence-electron chi connectivity index (χ4n) is 2.98. The Morgan fingerprint density at radius 1 is 1.31 bits per heavy atom. The quantitative estimate of drug-likeness (QED) is 0.704. The highest BCUT2D eigenvalue weighted by atomic mass is 16.5. The molecule has 0 radical (unpaired) electrons. The number of aromatic nitrogens is 5. The molecule has 3 aromatic heterocycles. The minimum absolute atomic E-state index is 0.177. The zero-order chi connectivity index (χ0) is 18.1. The van der Waals surface area contributed by atoms with E-state index in [4.69, 9.17) is 9.15 Å². The summed E-state index contributed by atoms with van der Waals surface area (Å²) < 4.78 is 12.7. The van der Waals surface area contributed by atoms with Gasteiger partial charge in [-0.25, -0.2) is 4.98 Å². The van der Waals surface area contributed by atoms with Gasteiger partial charge >= 0.3 is 0 Å².